The van der Waals surface area contributed by atoms with E-state index in [0.29, 0.717) is 16.8 Å². The number of hydrogen-bond acceptors (Lipinski definition) is 4. The lowest BCUT2D eigenvalue weighted by atomic mass is 10.0. The fourth-order valence-electron chi connectivity index (χ4n) is 3.22. The quantitative estimate of drug-likeness (QED) is 0.295. The number of Topliss-reactive ketones (excluding diaryl/α,β-unsaturated/α-hetero) is 1. The maximum absolute atomic E-state index is 12.6. The summed E-state index contributed by atoms with van der Waals surface area (Å²) in [6.45, 7) is -0.316. The number of carbonyl (C=O) groups is 2. The molecule has 0 saturated carbocycles. The Balaban J connectivity index is 1.40. The fraction of sp³-hybridized carbons (Fsp3) is 0.0370. The number of anilines is 2. The van der Waals surface area contributed by atoms with Crippen molar-refractivity contribution in [2.75, 3.05) is 11.9 Å². The van der Waals surface area contributed by atoms with Gasteiger partial charge in [0.05, 0.1) is 11.3 Å². The molecule has 0 radical (unpaired) electrons. The zero-order chi connectivity index (χ0) is 21.5. The molecule has 1 N–H and O–H groups in total. The number of hydrogen-bond donors (Lipinski definition) is 1. The van der Waals surface area contributed by atoms with Crippen molar-refractivity contribution in [1.29, 1.82) is 0 Å². The van der Waals surface area contributed by atoms with Crippen LogP contribution in [-0.4, -0.2) is 18.4 Å². The van der Waals surface area contributed by atoms with E-state index in [1.54, 1.807) is 30.3 Å². The predicted molar refractivity (Wildman–Crippen MR) is 123 cm³/mol. The highest BCUT2D eigenvalue weighted by Crippen LogP contribution is 2.22. The third-order valence-corrected chi connectivity index (χ3v) is 4.85. The highest BCUT2D eigenvalue weighted by Gasteiger charge is 2.15. The first-order valence-electron chi connectivity index (χ1n) is 9.97. The monoisotopic (exact) mass is 407 g/mol. The Kier molecular flexibility index (Phi) is 6.19. The van der Waals surface area contributed by atoms with E-state index >= 15 is 0 Å². The predicted octanol–water partition coefficient (Wildman–Crippen LogP) is 6.14. The summed E-state index contributed by atoms with van der Waals surface area (Å²) in [5.74, 6) is -0.797. The molecule has 0 atom stereocenters. The number of ether oxygens (including phenoxy) is 1. The minimum atomic E-state index is -0.548. The van der Waals surface area contributed by atoms with Crippen LogP contribution >= 0.6 is 0 Å². The maximum atomic E-state index is 12.6. The topological polar surface area (TPSA) is 55.4 Å². The molecular weight excluding hydrogens is 386 g/mol. The molecule has 0 unspecified atom stereocenters. The number of ketones is 1. The average Bonchev–Trinajstić information content (AvgIpc) is 2.84. The van der Waals surface area contributed by atoms with E-state index in [9.17, 15) is 9.59 Å². The Labute approximate surface area is 181 Å². The zero-order valence-corrected chi connectivity index (χ0v) is 16.8. The smallest absolute Gasteiger partial charge is 0.340 e. The van der Waals surface area contributed by atoms with Crippen LogP contribution in [0.1, 0.15) is 20.7 Å². The van der Waals surface area contributed by atoms with Gasteiger partial charge in [0.2, 0.25) is 0 Å². The second-order valence-corrected chi connectivity index (χ2v) is 6.98. The Morgan fingerprint density at radius 2 is 1.23 bits per heavy atom. The summed E-state index contributed by atoms with van der Waals surface area (Å²) in [6, 6.07) is 33.8. The van der Waals surface area contributed by atoms with Crippen molar-refractivity contribution >= 4 is 23.1 Å². The van der Waals surface area contributed by atoms with Crippen molar-refractivity contribution in [3.05, 3.63) is 120 Å². The van der Waals surface area contributed by atoms with Gasteiger partial charge in [-0.15, -0.1) is 0 Å². The van der Waals surface area contributed by atoms with Crippen LogP contribution in [0, 0.1) is 0 Å². The molecule has 0 heterocycles. The highest BCUT2D eigenvalue weighted by molar-refractivity contribution is 6.01. The van der Waals surface area contributed by atoms with Gasteiger partial charge in [-0.3, -0.25) is 4.79 Å². The molecular formula is C27H21NO3. The summed E-state index contributed by atoms with van der Waals surface area (Å²) in [5, 5.41) is 3.21. The van der Waals surface area contributed by atoms with Crippen molar-refractivity contribution in [3.8, 4) is 11.1 Å². The van der Waals surface area contributed by atoms with E-state index < -0.39 is 5.97 Å². The summed E-state index contributed by atoms with van der Waals surface area (Å²) in [5.41, 5.74) is 4.46. The normalized spacial score (nSPS) is 10.3. The number of carbonyl (C=O) groups excluding carboxylic acids is 2. The largest absolute Gasteiger partial charge is 0.454 e. The molecule has 0 aliphatic rings. The van der Waals surface area contributed by atoms with E-state index in [1.165, 1.54) is 0 Å². The van der Waals surface area contributed by atoms with Crippen LogP contribution in [0.15, 0.2) is 109 Å². The molecule has 4 aromatic rings. The van der Waals surface area contributed by atoms with Gasteiger partial charge in [0.25, 0.3) is 0 Å². The molecule has 0 bridgehead atoms. The fourth-order valence-corrected chi connectivity index (χ4v) is 3.22. The van der Waals surface area contributed by atoms with Crippen molar-refractivity contribution in [2.24, 2.45) is 0 Å². The van der Waals surface area contributed by atoms with Gasteiger partial charge in [-0.2, -0.15) is 0 Å². The van der Waals surface area contributed by atoms with Gasteiger partial charge in [-0.05, 0) is 35.4 Å². The van der Waals surface area contributed by atoms with Gasteiger partial charge >= 0.3 is 5.97 Å². The van der Waals surface area contributed by atoms with E-state index in [0.717, 1.165) is 16.8 Å². The van der Waals surface area contributed by atoms with Crippen molar-refractivity contribution in [2.45, 2.75) is 0 Å². The van der Waals surface area contributed by atoms with Gasteiger partial charge < -0.3 is 10.1 Å². The van der Waals surface area contributed by atoms with Crippen molar-refractivity contribution < 1.29 is 14.3 Å². The lowest BCUT2D eigenvalue weighted by Gasteiger charge is -2.11. The minimum Gasteiger partial charge on any atom is -0.454 e. The first-order chi connectivity index (χ1) is 15.2. The summed E-state index contributed by atoms with van der Waals surface area (Å²) in [6.07, 6.45) is 0. The van der Waals surface area contributed by atoms with E-state index in [1.807, 2.05) is 78.9 Å². The van der Waals surface area contributed by atoms with Gasteiger partial charge in [0.15, 0.2) is 12.4 Å². The van der Waals surface area contributed by atoms with Crippen LogP contribution in [0.2, 0.25) is 0 Å². The number of nitrogens with one attached hydrogen (secondary N) is 1. The Morgan fingerprint density at radius 3 is 1.94 bits per heavy atom. The van der Waals surface area contributed by atoms with E-state index in [-0.39, 0.29) is 12.4 Å². The molecule has 4 heteroatoms. The standard InChI is InChI=1S/C27H21NO3/c29-26(22-17-15-21(16-18-22)20-9-3-1-4-10-20)19-31-27(30)24-13-7-8-14-25(24)28-23-11-5-2-6-12-23/h1-18,28H,19H2. The maximum Gasteiger partial charge on any atom is 0.340 e. The minimum absolute atomic E-state index is 0.249. The summed E-state index contributed by atoms with van der Waals surface area (Å²) in [4.78, 5) is 25.1. The molecule has 31 heavy (non-hydrogen) atoms. The number of benzene rings is 4. The van der Waals surface area contributed by atoms with Crippen LogP contribution < -0.4 is 5.32 Å². The Hall–Kier alpha value is -4.18. The van der Waals surface area contributed by atoms with E-state index in [4.69, 9.17) is 4.74 Å². The Morgan fingerprint density at radius 1 is 0.645 bits per heavy atom. The molecule has 0 aliphatic heterocycles. The van der Waals surface area contributed by atoms with Gasteiger partial charge in [-0.1, -0.05) is 84.9 Å². The second kappa shape index (κ2) is 9.55. The first kappa shape index (κ1) is 20.1. The third kappa shape index (κ3) is 5.06. The first-order valence-corrected chi connectivity index (χ1v) is 9.97. The Bertz CT molecular complexity index is 1170. The molecule has 0 saturated heterocycles. The number of esters is 1. The molecule has 0 fully saturated rings. The number of para-hydroxylation sites is 2. The molecule has 4 nitrogen and oxygen atoms in total. The van der Waals surface area contributed by atoms with Gasteiger partial charge in [-0.25, -0.2) is 4.79 Å². The van der Waals surface area contributed by atoms with Crippen LogP contribution in [-0.2, 0) is 4.74 Å². The van der Waals surface area contributed by atoms with Gasteiger partial charge in [0, 0.05) is 11.3 Å². The van der Waals surface area contributed by atoms with Crippen LogP contribution in [0.25, 0.3) is 11.1 Å². The summed E-state index contributed by atoms with van der Waals surface area (Å²) < 4.78 is 5.31. The zero-order valence-electron chi connectivity index (χ0n) is 16.8. The lowest BCUT2D eigenvalue weighted by molar-refractivity contribution is 0.0476. The molecule has 0 aliphatic carbocycles. The SMILES string of the molecule is O=C(COC(=O)c1ccccc1Nc1ccccc1)c1ccc(-c2ccccc2)cc1. The molecule has 0 spiro atoms. The van der Waals surface area contributed by atoms with Crippen LogP contribution in [0.3, 0.4) is 0 Å². The molecule has 0 amide bonds. The summed E-state index contributed by atoms with van der Waals surface area (Å²) in [7, 11) is 0. The lowest BCUT2D eigenvalue weighted by Crippen LogP contribution is -2.15. The molecule has 4 rings (SSSR count). The molecule has 152 valence electrons. The van der Waals surface area contributed by atoms with Crippen molar-refractivity contribution in [3.63, 3.8) is 0 Å². The van der Waals surface area contributed by atoms with E-state index in [2.05, 4.69) is 5.32 Å². The summed E-state index contributed by atoms with van der Waals surface area (Å²) >= 11 is 0. The third-order valence-electron chi connectivity index (χ3n) is 4.85. The van der Waals surface area contributed by atoms with Gasteiger partial charge in [0.1, 0.15) is 0 Å². The molecule has 0 aromatic heterocycles. The second-order valence-electron chi connectivity index (χ2n) is 6.98. The van der Waals surface area contributed by atoms with Crippen LogP contribution in [0.4, 0.5) is 11.4 Å². The van der Waals surface area contributed by atoms with Crippen LogP contribution in [0.5, 0.6) is 0 Å². The number of rotatable bonds is 7. The van der Waals surface area contributed by atoms with Crippen molar-refractivity contribution in [1.82, 2.24) is 0 Å². The highest BCUT2D eigenvalue weighted by atomic mass is 16.5. The molecule has 4 aromatic carbocycles. The average molecular weight is 407 g/mol.